The predicted molar refractivity (Wildman–Crippen MR) is 169 cm³/mol. The minimum absolute atomic E-state index is 0.114. The number of amides is 2. The van der Waals surface area contributed by atoms with Gasteiger partial charge in [-0.25, -0.2) is 28.7 Å². The normalized spacial score (nSPS) is 11.3. The number of ether oxygens (including phenoxy) is 1. The second-order valence-electron chi connectivity index (χ2n) is 10.8. The van der Waals surface area contributed by atoms with Gasteiger partial charge in [0.1, 0.15) is 17.0 Å². The van der Waals surface area contributed by atoms with Gasteiger partial charge < -0.3 is 15.0 Å². The lowest BCUT2D eigenvalue weighted by Crippen LogP contribution is -2.40. The van der Waals surface area contributed by atoms with Crippen molar-refractivity contribution >= 4 is 22.8 Å². The molecule has 3 aromatic carbocycles. The number of rotatable bonds is 9. The van der Waals surface area contributed by atoms with Crippen molar-refractivity contribution in [2.24, 2.45) is 0 Å². The van der Waals surface area contributed by atoms with Crippen LogP contribution in [0.3, 0.4) is 0 Å². The Kier molecular flexibility index (Phi) is 8.84. The largest absolute Gasteiger partial charge is 0.496 e. The van der Waals surface area contributed by atoms with Crippen molar-refractivity contribution in [3.8, 4) is 17.1 Å². The van der Waals surface area contributed by atoms with Crippen molar-refractivity contribution < 1.29 is 18.8 Å². The van der Waals surface area contributed by atoms with Crippen molar-refractivity contribution in [3.05, 3.63) is 110 Å². The Morgan fingerprint density at radius 3 is 2.36 bits per heavy atom. The summed E-state index contributed by atoms with van der Waals surface area (Å²) in [6.07, 6.45) is 0. The van der Waals surface area contributed by atoms with Crippen LogP contribution in [0, 0.1) is 19.7 Å². The molecule has 2 N–H and O–H groups in total. The van der Waals surface area contributed by atoms with Gasteiger partial charge in [-0.1, -0.05) is 18.2 Å². The molecule has 2 amide bonds. The molecular formula is C32H34FN7O5. The molecule has 5 rings (SSSR count). The van der Waals surface area contributed by atoms with Gasteiger partial charge in [-0.2, -0.15) is 0 Å². The zero-order chi connectivity index (χ0) is 32.4. The van der Waals surface area contributed by atoms with Gasteiger partial charge in [0, 0.05) is 23.4 Å². The number of benzene rings is 3. The summed E-state index contributed by atoms with van der Waals surface area (Å²) in [6.45, 7) is 3.66. The molecule has 0 bridgehead atoms. The van der Waals surface area contributed by atoms with E-state index in [2.05, 4.69) is 15.6 Å². The number of anilines is 1. The fourth-order valence-electron chi connectivity index (χ4n) is 5.30. The number of methoxy groups -OCH3 is 1. The van der Waals surface area contributed by atoms with Crippen molar-refractivity contribution in [1.29, 1.82) is 0 Å². The summed E-state index contributed by atoms with van der Waals surface area (Å²) in [5, 5.41) is 7.65. The molecule has 5 aromatic rings. The first kappa shape index (κ1) is 31.2. The molecule has 2 heterocycles. The lowest BCUT2D eigenvalue weighted by Gasteiger charge is -2.16. The summed E-state index contributed by atoms with van der Waals surface area (Å²) < 4.78 is 24.7. The summed E-state index contributed by atoms with van der Waals surface area (Å²) in [5.74, 6) is 0.0337. The third-order valence-electron chi connectivity index (χ3n) is 7.47. The molecule has 0 unspecified atom stereocenters. The fraction of sp³-hybridized carbons (Fsp3) is 0.250. The van der Waals surface area contributed by atoms with Crippen LogP contribution in [0.15, 0.2) is 70.3 Å². The molecule has 0 saturated heterocycles. The van der Waals surface area contributed by atoms with E-state index in [1.54, 1.807) is 73.1 Å². The molecule has 0 saturated carbocycles. The highest BCUT2D eigenvalue weighted by molar-refractivity contribution is 5.88. The van der Waals surface area contributed by atoms with Crippen molar-refractivity contribution in [2.75, 3.05) is 33.6 Å². The lowest BCUT2D eigenvalue weighted by molar-refractivity contribution is 0.114. The van der Waals surface area contributed by atoms with E-state index in [-0.39, 0.29) is 24.1 Å². The van der Waals surface area contributed by atoms with E-state index in [0.717, 1.165) is 4.57 Å². The second kappa shape index (κ2) is 12.8. The minimum atomic E-state index is -0.670. The maximum Gasteiger partial charge on any atom is 0.343 e. The van der Waals surface area contributed by atoms with E-state index in [1.807, 2.05) is 19.0 Å². The third kappa shape index (κ3) is 5.95. The van der Waals surface area contributed by atoms with E-state index < -0.39 is 23.1 Å². The van der Waals surface area contributed by atoms with Crippen LogP contribution in [0.5, 0.6) is 5.75 Å². The first-order valence-corrected chi connectivity index (χ1v) is 14.1. The number of hydrogen-bond donors (Lipinski definition) is 2. The number of nitrogens with zero attached hydrogens (tertiary/aromatic N) is 5. The highest BCUT2D eigenvalue weighted by Gasteiger charge is 2.26. The zero-order valence-corrected chi connectivity index (χ0v) is 25.8. The molecule has 45 heavy (non-hydrogen) atoms. The Morgan fingerprint density at radius 1 is 1.00 bits per heavy atom. The molecule has 0 aliphatic carbocycles. The average Bonchev–Trinajstić information content (AvgIpc) is 3.36. The zero-order valence-electron chi connectivity index (χ0n) is 25.8. The van der Waals surface area contributed by atoms with Crippen molar-refractivity contribution in [2.45, 2.75) is 26.9 Å². The minimum Gasteiger partial charge on any atom is -0.496 e. The molecule has 12 nitrogen and oxygen atoms in total. The standard InChI is InChI=1S/C32H34FN7O5/c1-19-9-7-10-24(33)23(19)17-38-29-28(30(41)39(32(38)43)25-11-8-12-27(44-5)20(25)2)26(18-37(3)4)40(35-29)22-15-13-21(14-16-22)34-31(42)36-45-6/h7-16H,17-18H2,1-6H3,(H2,34,36,42). The van der Waals surface area contributed by atoms with Crippen LogP contribution in [0.25, 0.3) is 22.4 Å². The van der Waals surface area contributed by atoms with Gasteiger partial charge in [0.25, 0.3) is 5.56 Å². The monoisotopic (exact) mass is 615 g/mol. The van der Waals surface area contributed by atoms with E-state index in [4.69, 9.17) is 9.84 Å². The predicted octanol–water partition coefficient (Wildman–Crippen LogP) is 3.90. The second-order valence-corrected chi connectivity index (χ2v) is 10.8. The van der Waals surface area contributed by atoms with Gasteiger partial charge in [-0.15, -0.1) is 5.10 Å². The van der Waals surface area contributed by atoms with Crippen molar-refractivity contribution in [1.82, 2.24) is 29.3 Å². The number of nitrogens with one attached hydrogen (secondary N) is 2. The van der Waals surface area contributed by atoms with E-state index in [1.165, 1.54) is 24.9 Å². The van der Waals surface area contributed by atoms with Crippen LogP contribution in [-0.2, 0) is 17.9 Å². The molecular weight excluding hydrogens is 581 g/mol. The molecule has 2 aromatic heterocycles. The molecule has 13 heteroatoms. The van der Waals surface area contributed by atoms with Gasteiger partial charge in [-0.3, -0.25) is 14.2 Å². The molecule has 0 radical (unpaired) electrons. The quantitative estimate of drug-likeness (QED) is 0.241. The smallest absolute Gasteiger partial charge is 0.343 e. The summed E-state index contributed by atoms with van der Waals surface area (Å²) >= 11 is 0. The first-order chi connectivity index (χ1) is 21.5. The number of halogens is 1. The molecule has 0 spiro atoms. The maximum absolute atomic E-state index is 15.2. The van der Waals surface area contributed by atoms with Crippen molar-refractivity contribution in [3.63, 3.8) is 0 Å². The number of aromatic nitrogens is 4. The molecule has 234 valence electrons. The molecule has 0 atom stereocenters. The fourth-order valence-corrected chi connectivity index (χ4v) is 5.30. The van der Waals surface area contributed by atoms with Crippen LogP contribution in [0.1, 0.15) is 22.4 Å². The maximum atomic E-state index is 15.2. The number of carbonyl (C=O) groups is 1. The third-order valence-corrected chi connectivity index (χ3v) is 7.47. The Balaban J connectivity index is 1.83. The topological polar surface area (TPSA) is 125 Å². The van der Waals surface area contributed by atoms with Gasteiger partial charge >= 0.3 is 11.7 Å². The summed E-state index contributed by atoms with van der Waals surface area (Å²) in [7, 11) is 6.55. The first-order valence-electron chi connectivity index (χ1n) is 14.1. The number of carbonyl (C=O) groups excluding carboxylic acids is 1. The lowest BCUT2D eigenvalue weighted by atomic mass is 10.1. The number of aryl methyl sites for hydroxylation is 1. The number of hydrogen-bond acceptors (Lipinski definition) is 7. The van der Waals surface area contributed by atoms with Crippen LogP contribution < -0.4 is 26.8 Å². The van der Waals surface area contributed by atoms with Crippen LogP contribution in [-0.4, -0.2) is 58.2 Å². The van der Waals surface area contributed by atoms with Gasteiger partial charge in [0.05, 0.1) is 37.8 Å². The Morgan fingerprint density at radius 2 is 1.71 bits per heavy atom. The summed E-state index contributed by atoms with van der Waals surface area (Å²) in [6, 6.07) is 16.1. The van der Waals surface area contributed by atoms with Gasteiger partial charge in [0.2, 0.25) is 0 Å². The number of hydroxylamine groups is 1. The highest BCUT2D eigenvalue weighted by Crippen LogP contribution is 2.26. The highest BCUT2D eigenvalue weighted by atomic mass is 19.1. The Bertz CT molecular complexity index is 1990. The SMILES string of the molecule is CONC(=O)Nc1ccc(-n2nc3c(c2CN(C)C)c(=O)n(-c2cccc(OC)c2C)c(=O)n3Cc2c(C)cccc2F)cc1. The molecule has 0 aliphatic rings. The number of urea groups is 1. The van der Waals surface area contributed by atoms with Gasteiger partial charge in [-0.05, 0) is 76.0 Å². The Labute approximate surface area is 258 Å². The van der Waals surface area contributed by atoms with Crippen LogP contribution >= 0.6 is 0 Å². The van der Waals surface area contributed by atoms with E-state index >= 15 is 4.39 Å². The average molecular weight is 616 g/mol. The van der Waals surface area contributed by atoms with Gasteiger partial charge in [0.15, 0.2) is 5.65 Å². The molecule has 0 aliphatic heterocycles. The van der Waals surface area contributed by atoms with E-state index in [9.17, 15) is 14.4 Å². The summed E-state index contributed by atoms with van der Waals surface area (Å²) in [5.41, 5.74) is 4.55. The van der Waals surface area contributed by atoms with E-state index in [0.29, 0.717) is 45.2 Å². The molecule has 0 fully saturated rings. The van der Waals surface area contributed by atoms with Crippen LogP contribution in [0.2, 0.25) is 0 Å². The Hall–Kier alpha value is -5.27. The van der Waals surface area contributed by atoms with Crippen LogP contribution in [0.4, 0.5) is 14.9 Å². The summed E-state index contributed by atoms with van der Waals surface area (Å²) in [4.78, 5) is 47.2. The number of fused-ring (bicyclic) bond motifs is 1.